The van der Waals surface area contributed by atoms with E-state index in [1.165, 1.54) is 12.1 Å². The molecule has 1 aromatic carbocycles. The van der Waals surface area contributed by atoms with Crippen molar-refractivity contribution in [2.75, 3.05) is 18.0 Å². The maximum atomic E-state index is 13.1. The lowest BCUT2D eigenvalue weighted by Crippen LogP contribution is -2.33. The summed E-state index contributed by atoms with van der Waals surface area (Å²) in [5.41, 5.74) is 8.03. The third-order valence-corrected chi connectivity index (χ3v) is 3.63. The molecule has 4 nitrogen and oxygen atoms in total. The summed E-state index contributed by atoms with van der Waals surface area (Å²) in [4.78, 5) is 2.17. The van der Waals surface area contributed by atoms with Gasteiger partial charge in [-0.05, 0) is 45.0 Å². The zero-order chi connectivity index (χ0) is 15.4. The van der Waals surface area contributed by atoms with Crippen LogP contribution in [-0.4, -0.2) is 22.9 Å². The molecule has 1 heterocycles. The summed E-state index contributed by atoms with van der Waals surface area (Å²) in [6.07, 6.45) is 3.90. The number of halogens is 1. The zero-order valence-electron chi connectivity index (χ0n) is 12.8. The molecule has 21 heavy (non-hydrogen) atoms. The molecule has 0 spiro atoms. The fourth-order valence-corrected chi connectivity index (χ4v) is 2.47. The number of anilines is 1. The molecule has 1 atom stereocenters. The molecule has 5 heteroatoms. The summed E-state index contributed by atoms with van der Waals surface area (Å²) in [7, 11) is 0. The van der Waals surface area contributed by atoms with Gasteiger partial charge in [0.1, 0.15) is 5.82 Å². The van der Waals surface area contributed by atoms with Crippen molar-refractivity contribution in [3.8, 4) is 0 Å². The predicted octanol–water partition coefficient (Wildman–Crippen LogP) is 3.13. The molecule has 0 aliphatic carbocycles. The Bertz CT molecular complexity index is 562. The Labute approximate surface area is 125 Å². The largest absolute Gasteiger partial charge is 0.363 e. The van der Waals surface area contributed by atoms with Gasteiger partial charge in [0, 0.05) is 36.6 Å². The Morgan fingerprint density at radius 2 is 1.95 bits per heavy atom. The van der Waals surface area contributed by atoms with Crippen molar-refractivity contribution in [3.05, 3.63) is 48.0 Å². The molecule has 2 aromatic rings. The molecule has 2 N–H and O–H groups in total. The van der Waals surface area contributed by atoms with Crippen molar-refractivity contribution in [2.24, 2.45) is 5.73 Å². The first kappa shape index (κ1) is 15.5. The Balaban J connectivity index is 2.30. The molecule has 0 aliphatic heterocycles. The van der Waals surface area contributed by atoms with Crippen LogP contribution in [0.4, 0.5) is 10.1 Å². The summed E-state index contributed by atoms with van der Waals surface area (Å²) in [5.74, 6) is -0.230. The van der Waals surface area contributed by atoms with Gasteiger partial charge in [0.15, 0.2) is 0 Å². The standard InChI is InChI=1S/C16H23FN4/c1-4-20(15-7-5-14(17)6-8-15)16(9-18)13-10-19-21(11-13)12(2)3/h5-8,10-12,16H,4,9,18H2,1-3H3. The van der Waals surface area contributed by atoms with Gasteiger partial charge in [-0.2, -0.15) is 5.10 Å². The highest BCUT2D eigenvalue weighted by Crippen LogP contribution is 2.26. The number of hydrogen-bond acceptors (Lipinski definition) is 3. The van der Waals surface area contributed by atoms with Gasteiger partial charge in [0.05, 0.1) is 12.2 Å². The van der Waals surface area contributed by atoms with Gasteiger partial charge in [0.25, 0.3) is 0 Å². The van der Waals surface area contributed by atoms with E-state index < -0.39 is 0 Å². The predicted molar refractivity (Wildman–Crippen MR) is 83.8 cm³/mol. The second kappa shape index (κ2) is 6.72. The van der Waals surface area contributed by atoms with Crippen molar-refractivity contribution >= 4 is 5.69 Å². The van der Waals surface area contributed by atoms with Crippen molar-refractivity contribution in [2.45, 2.75) is 32.9 Å². The minimum absolute atomic E-state index is 0.0351. The van der Waals surface area contributed by atoms with Crippen LogP contribution >= 0.6 is 0 Å². The number of nitrogens with two attached hydrogens (primary N) is 1. The molecule has 0 fully saturated rings. The first-order valence-electron chi connectivity index (χ1n) is 7.33. The minimum atomic E-state index is -0.230. The first-order chi connectivity index (χ1) is 10.1. The third-order valence-electron chi connectivity index (χ3n) is 3.63. The number of rotatable bonds is 6. The van der Waals surface area contributed by atoms with Crippen molar-refractivity contribution in [1.82, 2.24) is 9.78 Å². The van der Waals surface area contributed by atoms with Crippen LogP contribution in [0.3, 0.4) is 0 Å². The Hall–Kier alpha value is -1.88. The van der Waals surface area contributed by atoms with Gasteiger partial charge in [-0.1, -0.05) is 0 Å². The number of likely N-dealkylation sites (N-methyl/N-ethyl adjacent to an activating group) is 1. The first-order valence-corrected chi connectivity index (χ1v) is 7.33. The van der Waals surface area contributed by atoms with Crippen LogP contribution in [0.2, 0.25) is 0 Å². The highest BCUT2D eigenvalue weighted by molar-refractivity contribution is 5.48. The number of benzene rings is 1. The Morgan fingerprint density at radius 3 is 2.43 bits per heavy atom. The molecule has 1 aromatic heterocycles. The quantitative estimate of drug-likeness (QED) is 0.889. The smallest absolute Gasteiger partial charge is 0.123 e. The molecular formula is C16H23FN4. The summed E-state index contributed by atoms with van der Waals surface area (Å²) in [6, 6.07) is 6.88. The van der Waals surface area contributed by atoms with Crippen LogP contribution in [0.25, 0.3) is 0 Å². The maximum absolute atomic E-state index is 13.1. The molecule has 1 unspecified atom stereocenters. The molecule has 0 aliphatic rings. The normalized spacial score (nSPS) is 12.7. The fourth-order valence-electron chi connectivity index (χ4n) is 2.47. The number of nitrogens with zero attached hydrogens (tertiary/aromatic N) is 3. The SMILES string of the molecule is CCN(c1ccc(F)cc1)C(CN)c1cnn(C(C)C)c1. The highest BCUT2D eigenvalue weighted by atomic mass is 19.1. The van der Waals surface area contributed by atoms with Gasteiger partial charge >= 0.3 is 0 Å². The molecule has 0 bridgehead atoms. The van der Waals surface area contributed by atoms with Gasteiger partial charge in [-0.25, -0.2) is 4.39 Å². The monoisotopic (exact) mass is 290 g/mol. The van der Waals surface area contributed by atoms with Gasteiger partial charge in [0.2, 0.25) is 0 Å². The molecule has 114 valence electrons. The maximum Gasteiger partial charge on any atom is 0.123 e. The molecule has 0 saturated carbocycles. The minimum Gasteiger partial charge on any atom is -0.363 e. The second-order valence-electron chi connectivity index (χ2n) is 5.36. The van der Waals surface area contributed by atoms with Crippen molar-refractivity contribution in [3.63, 3.8) is 0 Å². The van der Waals surface area contributed by atoms with Crippen LogP contribution in [0, 0.1) is 5.82 Å². The Kier molecular flexibility index (Phi) is 4.96. The summed E-state index contributed by atoms with van der Waals surface area (Å²) in [5, 5.41) is 4.38. The van der Waals surface area contributed by atoms with Crippen LogP contribution in [-0.2, 0) is 0 Å². The molecular weight excluding hydrogens is 267 g/mol. The van der Waals surface area contributed by atoms with E-state index in [0.29, 0.717) is 12.6 Å². The molecule has 0 amide bonds. The lowest BCUT2D eigenvalue weighted by atomic mass is 10.1. The van der Waals surface area contributed by atoms with E-state index in [1.807, 2.05) is 17.1 Å². The van der Waals surface area contributed by atoms with E-state index in [0.717, 1.165) is 17.8 Å². The fraction of sp³-hybridized carbons (Fsp3) is 0.438. The van der Waals surface area contributed by atoms with E-state index in [-0.39, 0.29) is 11.9 Å². The average Bonchev–Trinajstić information content (AvgIpc) is 2.95. The van der Waals surface area contributed by atoms with Crippen LogP contribution in [0.15, 0.2) is 36.7 Å². The summed E-state index contributed by atoms with van der Waals surface area (Å²) in [6.45, 7) is 7.52. The van der Waals surface area contributed by atoms with Gasteiger partial charge < -0.3 is 10.6 Å². The molecule has 0 saturated heterocycles. The lowest BCUT2D eigenvalue weighted by Gasteiger charge is -2.31. The topological polar surface area (TPSA) is 47.1 Å². The molecule has 2 rings (SSSR count). The summed E-state index contributed by atoms with van der Waals surface area (Å²) < 4.78 is 15.0. The van der Waals surface area contributed by atoms with Crippen molar-refractivity contribution in [1.29, 1.82) is 0 Å². The highest BCUT2D eigenvalue weighted by Gasteiger charge is 2.20. The van der Waals surface area contributed by atoms with E-state index in [9.17, 15) is 4.39 Å². The van der Waals surface area contributed by atoms with Crippen LogP contribution in [0.1, 0.15) is 38.4 Å². The van der Waals surface area contributed by atoms with E-state index in [2.05, 4.69) is 30.8 Å². The van der Waals surface area contributed by atoms with Crippen LogP contribution < -0.4 is 10.6 Å². The summed E-state index contributed by atoms with van der Waals surface area (Å²) >= 11 is 0. The van der Waals surface area contributed by atoms with Gasteiger partial charge in [-0.3, -0.25) is 4.68 Å². The number of hydrogen-bond donors (Lipinski definition) is 1. The average molecular weight is 290 g/mol. The number of aromatic nitrogens is 2. The zero-order valence-corrected chi connectivity index (χ0v) is 12.8. The van der Waals surface area contributed by atoms with Crippen LogP contribution in [0.5, 0.6) is 0 Å². The van der Waals surface area contributed by atoms with Crippen molar-refractivity contribution < 1.29 is 4.39 Å². The van der Waals surface area contributed by atoms with E-state index in [4.69, 9.17) is 5.73 Å². The Morgan fingerprint density at radius 1 is 1.29 bits per heavy atom. The third kappa shape index (κ3) is 3.42. The lowest BCUT2D eigenvalue weighted by molar-refractivity contribution is 0.530. The van der Waals surface area contributed by atoms with E-state index >= 15 is 0 Å². The second-order valence-corrected chi connectivity index (χ2v) is 5.36. The molecule has 0 radical (unpaired) electrons. The van der Waals surface area contributed by atoms with E-state index in [1.54, 1.807) is 12.1 Å². The van der Waals surface area contributed by atoms with Gasteiger partial charge in [-0.15, -0.1) is 0 Å².